The summed E-state index contributed by atoms with van der Waals surface area (Å²) in [7, 11) is 0. The molecule has 1 heterocycles. The summed E-state index contributed by atoms with van der Waals surface area (Å²) < 4.78 is 5.87. The number of carboxylic acids is 1. The van der Waals surface area contributed by atoms with Crippen LogP contribution in [-0.2, 0) is 11.3 Å². The van der Waals surface area contributed by atoms with Crippen molar-refractivity contribution in [2.24, 2.45) is 29.6 Å². The van der Waals surface area contributed by atoms with Gasteiger partial charge < -0.3 is 20.1 Å². The number of allylic oxidation sites excluding steroid dienone is 3. The van der Waals surface area contributed by atoms with Crippen LogP contribution in [0.15, 0.2) is 48.3 Å². The Labute approximate surface area is 211 Å². The quantitative estimate of drug-likeness (QED) is 0.488. The third kappa shape index (κ3) is 4.22. The minimum absolute atomic E-state index is 0.117. The van der Waals surface area contributed by atoms with Crippen LogP contribution in [0.2, 0.25) is 0 Å². The predicted octanol–water partition coefficient (Wildman–Crippen LogP) is 4.16. The van der Waals surface area contributed by atoms with Crippen LogP contribution in [0, 0.1) is 29.6 Å². The van der Waals surface area contributed by atoms with Crippen molar-refractivity contribution in [3.05, 3.63) is 59.4 Å². The van der Waals surface area contributed by atoms with E-state index in [0.717, 1.165) is 38.6 Å². The first kappa shape index (κ1) is 23.5. The molecule has 7 rings (SSSR count). The second kappa shape index (κ2) is 8.91. The molecule has 0 radical (unpaired) electrons. The van der Waals surface area contributed by atoms with E-state index < -0.39 is 17.8 Å². The number of carbonyl (C=O) groups is 1. The minimum atomic E-state index is -0.967. The molecule has 3 N–H and O–H groups in total. The third-order valence-electron chi connectivity index (χ3n) is 9.39. The number of rotatable bonds is 7. The number of aliphatic hydroxyl groups is 2. The van der Waals surface area contributed by atoms with E-state index in [1.807, 2.05) is 12.2 Å². The molecule has 5 aliphatic carbocycles. The molecule has 6 aliphatic rings. The zero-order valence-electron chi connectivity index (χ0n) is 19.8. The number of hydrogen-bond donors (Lipinski definition) is 3. The lowest BCUT2D eigenvalue weighted by molar-refractivity contribution is -0.0805. The Hall–Kier alpha value is -1.86. The molecule has 0 amide bonds. The van der Waals surface area contributed by atoms with E-state index in [-0.39, 0.29) is 29.4 Å². The fourth-order valence-electron chi connectivity index (χ4n) is 8.00. The van der Waals surface area contributed by atoms with Crippen LogP contribution in [0.3, 0.4) is 0 Å². The summed E-state index contributed by atoms with van der Waals surface area (Å²) in [5.74, 6) is 1.67. The number of alkyl halides is 1. The number of hydrogen-bond acceptors (Lipinski definition) is 5. The standard InChI is InChI=1S/C28H34ClNO5/c29-24-11-21(35-15-18-3-1-2-4-22(18)27(32)33)6-5-16(24)9-17-7-8-30(26(17)31)25-20-10-19-12-28(34,13-20)14-23(19)25/h1-6,11,16-17,19-20,23-26,31,34H,7-10,12-15H2,(H,32,33). The molecule has 9 atom stereocenters. The molecule has 6 nitrogen and oxygen atoms in total. The minimum Gasteiger partial charge on any atom is -0.489 e. The van der Waals surface area contributed by atoms with Crippen molar-refractivity contribution in [1.82, 2.24) is 4.90 Å². The van der Waals surface area contributed by atoms with Gasteiger partial charge in [0.2, 0.25) is 0 Å². The van der Waals surface area contributed by atoms with Crippen molar-refractivity contribution in [2.45, 2.75) is 68.4 Å². The molecular formula is C28H34ClNO5. The zero-order chi connectivity index (χ0) is 24.3. The molecule has 1 aliphatic heterocycles. The fourth-order valence-corrected chi connectivity index (χ4v) is 8.31. The van der Waals surface area contributed by atoms with Crippen LogP contribution in [0.4, 0.5) is 0 Å². The lowest BCUT2D eigenvalue weighted by atomic mass is 9.75. The van der Waals surface area contributed by atoms with Gasteiger partial charge in [-0.3, -0.25) is 4.90 Å². The summed E-state index contributed by atoms with van der Waals surface area (Å²) >= 11 is 6.72. The number of halogens is 1. The molecule has 4 saturated carbocycles. The Morgan fingerprint density at radius 1 is 1.20 bits per heavy atom. The van der Waals surface area contributed by atoms with Gasteiger partial charge in [0.1, 0.15) is 18.6 Å². The van der Waals surface area contributed by atoms with Gasteiger partial charge in [0.05, 0.1) is 16.5 Å². The van der Waals surface area contributed by atoms with E-state index in [0.29, 0.717) is 35.1 Å². The summed E-state index contributed by atoms with van der Waals surface area (Å²) in [5.41, 5.74) is 0.433. The number of ether oxygens (including phenoxy) is 1. The van der Waals surface area contributed by atoms with E-state index in [4.69, 9.17) is 16.3 Å². The van der Waals surface area contributed by atoms with Crippen LogP contribution in [0.1, 0.15) is 54.4 Å². The molecule has 5 fully saturated rings. The first-order chi connectivity index (χ1) is 16.8. The molecule has 9 unspecified atom stereocenters. The Morgan fingerprint density at radius 3 is 2.77 bits per heavy atom. The molecule has 1 saturated heterocycles. The Morgan fingerprint density at radius 2 is 2.00 bits per heavy atom. The molecule has 0 spiro atoms. The second-order valence-electron chi connectivity index (χ2n) is 11.5. The maximum atomic E-state index is 11.4. The number of likely N-dealkylation sites (tertiary alicyclic amines) is 1. The molecule has 7 heteroatoms. The SMILES string of the molecule is O=C(O)c1ccccc1COC1=CC(Cl)C(CC2CCN(C3C4CC5CC(O)(C4)CC53)C2O)C=C1. The van der Waals surface area contributed by atoms with Crippen LogP contribution in [-0.4, -0.2) is 56.0 Å². The zero-order valence-corrected chi connectivity index (χ0v) is 20.6. The van der Waals surface area contributed by atoms with Crippen molar-refractivity contribution < 1.29 is 24.9 Å². The summed E-state index contributed by atoms with van der Waals surface area (Å²) in [5, 5.41) is 31.2. The Kier molecular flexibility index (Phi) is 5.99. The van der Waals surface area contributed by atoms with Crippen LogP contribution in [0.5, 0.6) is 0 Å². The lowest BCUT2D eigenvalue weighted by Crippen LogP contribution is -2.51. The number of aliphatic hydroxyl groups excluding tert-OH is 1. The van der Waals surface area contributed by atoms with Crippen LogP contribution < -0.4 is 0 Å². The maximum absolute atomic E-state index is 11.4. The molecule has 4 bridgehead atoms. The molecule has 188 valence electrons. The number of aromatic carboxylic acids is 1. The summed E-state index contributed by atoms with van der Waals surface area (Å²) in [4.78, 5) is 13.8. The van der Waals surface area contributed by atoms with Gasteiger partial charge in [-0.05, 0) is 80.4 Å². The van der Waals surface area contributed by atoms with Gasteiger partial charge in [0.15, 0.2) is 0 Å². The van der Waals surface area contributed by atoms with E-state index in [9.17, 15) is 20.1 Å². The highest BCUT2D eigenvalue weighted by molar-refractivity contribution is 6.22. The van der Waals surface area contributed by atoms with Crippen molar-refractivity contribution in [1.29, 1.82) is 0 Å². The highest BCUT2D eigenvalue weighted by atomic mass is 35.5. The van der Waals surface area contributed by atoms with E-state index in [2.05, 4.69) is 11.0 Å². The van der Waals surface area contributed by atoms with Gasteiger partial charge in [-0.25, -0.2) is 4.79 Å². The van der Waals surface area contributed by atoms with Crippen molar-refractivity contribution in [3.8, 4) is 0 Å². The van der Waals surface area contributed by atoms with Crippen molar-refractivity contribution in [3.63, 3.8) is 0 Å². The van der Waals surface area contributed by atoms with Crippen molar-refractivity contribution >= 4 is 17.6 Å². The second-order valence-corrected chi connectivity index (χ2v) is 12.0. The monoisotopic (exact) mass is 499 g/mol. The summed E-state index contributed by atoms with van der Waals surface area (Å²) in [6.45, 7) is 1.09. The first-order valence-corrected chi connectivity index (χ1v) is 13.4. The van der Waals surface area contributed by atoms with Gasteiger partial charge in [0.25, 0.3) is 0 Å². The van der Waals surface area contributed by atoms with Gasteiger partial charge in [-0.15, -0.1) is 11.6 Å². The molecule has 35 heavy (non-hydrogen) atoms. The topological polar surface area (TPSA) is 90.2 Å². The fraction of sp³-hybridized carbons (Fsp3) is 0.607. The summed E-state index contributed by atoms with van der Waals surface area (Å²) in [6, 6.07) is 7.26. The third-order valence-corrected chi connectivity index (χ3v) is 9.84. The predicted molar refractivity (Wildman–Crippen MR) is 132 cm³/mol. The van der Waals surface area contributed by atoms with Gasteiger partial charge in [-0.1, -0.05) is 24.3 Å². The van der Waals surface area contributed by atoms with Gasteiger partial charge >= 0.3 is 5.97 Å². The number of carboxylic acid groups (broad SMARTS) is 1. The highest BCUT2D eigenvalue weighted by Crippen LogP contribution is 2.62. The normalized spacial score (nSPS) is 42.0. The molecular weight excluding hydrogens is 466 g/mol. The summed E-state index contributed by atoms with van der Waals surface area (Å²) in [6.07, 6.45) is 11.2. The average molecular weight is 500 g/mol. The number of benzene rings is 1. The average Bonchev–Trinajstić information content (AvgIpc) is 3.38. The molecule has 1 aromatic carbocycles. The van der Waals surface area contributed by atoms with Gasteiger partial charge in [0, 0.05) is 24.1 Å². The van der Waals surface area contributed by atoms with E-state index >= 15 is 0 Å². The molecule has 1 aromatic rings. The lowest BCUT2D eigenvalue weighted by Gasteiger charge is -2.43. The Balaban J connectivity index is 1.05. The van der Waals surface area contributed by atoms with Crippen LogP contribution >= 0.6 is 11.6 Å². The largest absolute Gasteiger partial charge is 0.489 e. The van der Waals surface area contributed by atoms with E-state index in [1.54, 1.807) is 24.3 Å². The Bertz CT molecular complexity index is 1050. The van der Waals surface area contributed by atoms with Crippen molar-refractivity contribution in [2.75, 3.05) is 6.54 Å². The number of nitrogens with zero attached hydrogens (tertiary/aromatic N) is 1. The smallest absolute Gasteiger partial charge is 0.336 e. The first-order valence-electron chi connectivity index (χ1n) is 13.0. The molecule has 0 aromatic heterocycles. The highest BCUT2D eigenvalue weighted by Gasteiger charge is 2.62. The van der Waals surface area contributed by atoms with Gasteiger partial charge in [-0.2, -0.15) is 0 Å². The van der Waals surface area contributed by atoms with Crippen LogP contribution in [0.25, 0.3) is 0 Å². The maximum Gasteiger partial charge on any atom is 0.336 e. The van der Waals surface area contributed by atoms with E-state index in [1.165, 1.54) is 6.42 Å².